The molecule has 3 aliphatic rings. The van der Waals surface area contributed by atoms with Crippen LogP contribution in [-0.2, 0) is 16.6 Å². The summed E-state index contributed by atoms with van der Waals surface area (Å²) in [6, 6.07) is 15.8. The molecule has 38 heavy (non-hydrogen) atoms. The smallest absolute Gasteiger partial charge is 0.258 e. The molecule has 0 radical (unpaired) electrons. The van der Waals surface area contributed by atoms with Gasteiger partial charge in [-0.1, -0.05) is 76.9 Å². The lowest BCUT2D eigenvalue weighted by Gasteiger charge is -2.40. The molecule has 0 N–H and O–H groups in total. The number of ether oxygens (including phenoxy) is 1. The van der Waals surface area contributed by atoms with Gasteiger partial charge in [0.25, 0.3) is 5.56 Å². The third kappa shape index (κ3) is 4.71. The third-order valence-corrected chi connectivity index (χ3v) is 9.99. The molecule has 198 valence electrons. The van der Waals surface area contributed by atoms with Gasteiger partial charge in [-0.3, -0.25) is 14.2 Å². The molecule has 3 aromatic rings. The maximum absolute atomic E-state index is 14.6. The quantitative estimate of drug-likeness (QED) is 0.179. The SMILES string of the molecule is CC1(C)C[C@@H](n2c(SCC(=O)c3ccc(Br)cc3)nc3c(c2=O)C2(CCCC2)Cc2ccccc2-3)CCO1. The van der Waals surface area contributed by atoms with Crippen LogP contribution in [0.5, 0.6) is 0 Å². The summed E-state index contributed by atoms with van der Waals surface area (Å²) < 4.78 is 8.89. The second-order valence-electron chi connectivity index (χ2n) is 11.6. The molecule has 1 spiro atoms. The number of hydrogen-bond donors (Lipinski definition) is 0. The van der Waals surface area contributed by atoms with E-state index in [-0.39, 0.29) is 34.2 Å². The van der Waals surface area contributed by atoms with Crippen molar-refractivity contribution >= 4 is 33.5 Å². The van der Waals surface area contributed by atoms with Crippen molar-refractivity contribution in [1.82, 2.24) is 9.55 Å². The number of rotatable bonds is 5. The number of hydrogen-bond acceptors (Lipinski definition) is 5. The summed E-state index contributed by atoms with van der Waals surface area (Å²) in [5.74, 6) is 0.257. The van der Waals surface area contributed by atoms with Crippen molar-refractivity contribution in [1.29, 1.82) is 0 Å². The van der Waals surface area contributed by atoms with E-state index in [0.29, 0.717) is 17.3 Å². The van der Waals surface area contributed by atoms with E-state index in [1.54, 1.807) is 0 Å². The standard InChI is InChI=1S/C31H33BrN2O3S/c1-30(2)18-23(13-16-37-30)34-28(36)26-27(24-8-4-3-7-21(24)17-31(26)14-5-6-15-31)33-29(34)38-19-25(35)20-9-11-22(32)12-10-20/h3-4,7-12,23H,5-6,13-19H2,1-2H3/t23-/m0/s1. The van der Waals surface area contributed by atoms with Gasteiger partial charge in [0.05, 0.1) is 22.6 Å². The predicted molar refractivity (Wildman–Crippen MR) is 155 cm³/mol. The maximum Gasteiger partial charge on any atom is 0.258 e. The van der Waals surface area contributed by atoms with Crippen molar-refractivity contribution in [2.24, 2.45) is 0 Å². The van der Waals surface area contributed by atoms with E-state index in [4.69, 9.17) is 9.72 Å². The highest BCUT2D eigenvalue weighted by Crippen LogP contribution is 2.50. The number of benzene rings is 2. The van der Waals surface area contributed by atoms with Crippen molar-refractivity contribution in [3.05, 3.63) is 80.0 Å². The summed E-state index contributed by atoms with van der Waals surface area (Å²) >= 11 is 4.83. The molecule has 2 aromatic carbocycles. The summed E-state index contributed by atoms with van der Waals surface area (Å²) in [6.45, 7) is 4.79. The molecule has 1 atom stereocenters. The molecule has 1 saturated heterocycles. The molecule has 0 bridgehead atoms. The average molecular weight is 594 g/mol. The molecular formula is C31H33BrN2O3S. The second-order valence-corrected chi connectivity index (χ2v) is 13.4. The van der Waals surface area contributed by atoms with Gasteiger partial charge in [0.1, 0.15) is 0 Å². The zero-order chi connectivity index (χ0) is 26.5. The number of thioether (sulfide) groups is 1. The van der Waals surface area contributed by atoms with Gasteiger partial charge in [-0.25, -0.2) is 4.98 Å². The molecule has 1 aromatic heterocycles. The fraction of sp³-hybridized carbons (Fsp3) is 0.452. The Kier molecular flexibility index (Phi) is 6.90. The average Bonchev–Trinajstić information content (AvgIpc) is 3.35. The fourth-order valence-corrected chi connectivity index (χ4v) is 7.94. The Hall–Kier alpha value is -2.22. The number of carbonyl (C=O) groups excluding carboxylic acids is 1. The van der Waals surface area contributed by atoms with Crippen LogP contribution in [0.1, 0.15) is 79.9 Å². The van der Waals surface area contributed by atoms with Gasteiger partial charge in [0.15, 0.2) is 10.9 Å². The molecule has 7 heteroatoms. The van der Waals surface area contributed by atoms with Crippen molar-refractivity contribution in [2.75, 3.05) is 12.4 Å². The topological polar surface area (TPSA) is 61.2 Å². The van der Waals surface area contributed by atoms with Crippen molar-refractivity contribution < 1.29 is 9.53 Å². The number of carbonyl (C=O) groups is 1. The van der Waals surface area contributed by atoms with E-state index in [0.717, 1.165) is 66.2 Å². The minimum absolute atomic E-state index is 0.00930. The number of Topliss-reactive ketones (excluding diaryl/α,β-unsaturated/α-hetero) is 1. The Morgan fingerprint density at radius 2 is 1.87 bits per heavy atom. The Morgan fingerprint density at radius 3 is 2.61 bits per heavy atom. The number of aromatic nitrogens is 2. The van der Waals surface area contributed by atoms with E-state index >= 15 is 0 Å². The molecular weight excluding hydrogens is 560 g/mol. The lowest BCUT2D eigenvalue weighted by atomic mass is 9.68. The Balaban J connectivity index is 1.48. The van der Waals surface area contributed by atoms with Gasteiger partial charge in [-0.15, -0.1) is 0 Å². The van der Waals surface area contributed by atoms with Crippen LogP contribution in [-0.4, -0.2) is 33.3 Å². The van der Waals surface area contributed by atoms with E-state index in [1.165, 1.54) is 17.3 Å². The molecule has 1 saturated carbocycles. The molecule has 6 rings (SSSR count). The molecule has 0 unspecified atom stereocenters. The van der Waals surface area contributed by atoms with Gasteiger partial charge in [0.2, 0.25) is 0 Å². The maximum atomic E-state index is 14.6. The second kappa shape index (κ2) is 10.1. The summed E-state index contributed by atoms with van der Waals surface area (Å²) in [6.07, 6.45) is 6.75. The highest BCUT2D eigenvalue weighted by atomic mass is 79.9. The van der Waals surface area contributed by atoms with Crippen molar-refractivity contribution in [2.45, 2.75) is 81.0 Å². The molecule has 1 aliphatic heterocycles. The van der Waals surface area contributed by atoms with Crippen LogP contribution in [0.4, 0.5) is 0 Å². The molecule has 2 heterocycles. The Morgan fingerprint density at radius 1 is 1.13 bits per heavy atom. The number of fused-ring (bicyclic) bond motifs is 4. The first-order valence-electron chi connectivity index (χ1n) is 13.6. The molecule has 2 aliphatic carbocycles. The predicted octanol–water partition coefficient (Wildman–Crippen LogP) is 7.15. The minimum atomic E-state index is -0.314. The summed E-state index contributed by atoms with van der Waals surface area (Å²) in [5.41, 5.74) is 4.38. The Bertz CT molecular complexity index is 1440. The largest absolute Gasteiger partial charge is 0.375 e. The van der Waals surface area contributed by atoms with Crippen molar-refractivity contribution in [3.8, 4) is 11.3 Å². The Labute approximate surface area is 236 Å². The molecule has 0 amide bonds. The lowest BCUT2D eigenvalue weighted by Crippen LogP contribution is -2.44. The summed E-state index contributed by atoms with van der Waals surface area (Å²) in [7, 11) is 0. The zero-order valence-corrected chi connectivity index (χ0v) is 24.4. The first kappa shape index (κ1) is 26.0. The first-order valence-corrected chi connectivity index (χ1v) is 15.4. The van der Waals surface area contributed by atoms with Crippen LogP contribution in [0, 0.1) is 0 Å². The first-order chi connectivity index (χ1) is 18.3. The van der Waals surface area contributed by atoms with E-state index in [2.05, 4.69) is 48.0 Å². The van der Waals surface area contributed by atoms with Gasteiger partial charge >= 0.3 is 0 Å². The van der Waals surface area contributed by atoms with Crippen LogP contribution in [0.15, 0.2) is 63.0 Å². The molecule has 5 nitrogen and oxygen atoms in total. The number of halogens is 1. The highest BCUT2D eigenvalue weighted by molar-refractivity contribution is 9.10. The van der Waals surface area contributed by atoms with Crippen LogP contribution >= 0.6 is 27.7 Å². The highest BCUT2D eigenvalue weighted by Gasteiger charge is 2.45. The number of nitrogens with zero attached hydrogens (tertiary/aromatic N) is 2. The van der Waals surface area contributed by atoms with Crippen LogP contribution in [0.3, 0.4) is 0 Å². The fourth-order valence-electron chi connectivity index (χ4n) is 6.72. The summed E-state index contributed by atoms with van der Waals surface area (Å²) in [5, 5.41) is 0.645. The lowest BCUT2D eigenvalue weighted by molar-refractivity contribution is -0.0710. The van der Waals surface area contributed by atoms with Gasteiger partial charge in [-0.05, 0) is 63.6 Å². The van der Waals surface area contributed by atoms with E-state index in [1.807, 2.05) is 34.9 Å². The monoisotopic (exact) mass is 592 g/mol. The van der Waals surface area contributed by atoms with E-state index in [9.17, 15) is 9.59 Å². The summed E-state index contributed by atoms with van der Waals surface area (Å²) in [4.78, 5) is 33.0. The van der Waals surface area contributed by atoms with Crippen LogP contribution in [0.2, 0.25) is 0 Å². The third-order valence-electron chi connectivity index (χ3n) is 8.51. The van der Waals surface area contributed by atoms with Crippen LogP contribution in [0.25, 0.3) is 11.3 Å². The minimum Gasteiger partial charge on any atom is -0.375 e. The number of ketones is 1. The van der Waals surface area contributed by atoms with Gasteiger partial charge < -0.3 is 4.74 Å². The van der Waals surface area contributed by atoms with E-state index < -0.39 is 0 Å². The normalized spacial score (nSPS) is 21.2. The van der Waals surface area contributed by atoms with Crippen LogP contribution < -0.4 is 5.56 Å². The van der Waals surface area contributed by atoms with Crippen molar-refractivity contribution in [3.63, 3.8) is 0 Å². The van der Waals surface area contributed by atoms with Gasteiger partial charge in [0, 0.05) is 33.7 Å². The zero-order valence-electron chi connectivity index (χ0n) is 22.0. The molecule has 2 fully saturated rings. The van der Waals surface area contributed by atoms with Gasteiger partial charge in [-0.2, -0.15) is 0 Å².